The van der Waals surface area contributed by atoms with Gasteiger partial charge in [0.15, 0.2) is 6.10 Å². The van der Waals surface area contributed by atoms with Gasteiger partial charge in [0.25, 0.3) is 5.91 Å². The summed E-state index contributed by atoms with van der Waals surface area (Å²) >= 11 is 0. The molecule has 126 valence electrons. The van der Waals surface area contributed by atoms with Crippen molar-refractivity contribution in [1.29, 1.82) is 0 Å². The van der Waals surface area contributed by atoms with E-state index in [-0.39, 0.29) is 6.42 Å². The predicted molar refractivity (Wildman–Crippen MR) is 90.6 cm³/mol. The number of hydrogen-bond donors (Lipinski definition) is 2. The summed E-state index contributed by atoms with van der Waals surface area (Å²) in [6, 6.07) is 15.5. The normalized spacial score (nSPS) is 13.1. The lowest BCUT2D eigenvalue weighted by atomic mass is 10.0. The van der Waals surface area contributed by atoms with Gasteiger partial charge in [0.05, 0.1) is 0 Å². The maximum atomic E-state index is 12.4. The highest BCUT2D eigenvalue weighted by Crippen LogP contribution is 2.17. The Morgan fingerprint density at radius 2 is 1.71 bits per heavy atom. The van der Waals surface area contributed by atoms with E-state index >= 15 is 0 Å². The van der Waals surface area contributed by atoms with Gasteiger partial charge >= 0.3 is 5.97 Å². The molecule has 0 saturated carbocycles. The van der Waals surface area contributed by atoms with Crippen LogP contribution < -0.4 is 5.32 Å². The molecule has 0 radical (unpaired) electrons. The highest BCUT2D eigenvalue weighted by Gasteiger charge is 2.26. The third-order valence-corrected chi connectivity index (χ3v) is 3.75. The molecule has 2 rings (SSSR count). The van der Waals surface area contributed by atoms with Gasteiger partial charge in [-0.1, -0.05) is 60.2 Å². The third-order valence-electron chi connectivity index (χ3n) is 3.75. The van der Waals surface area contributed by atoms with E-state index in [4.69, 9.17) is 4.74 Å². The summed E-state index contributed by atoms with van der Waals surface area (Å²) in [5.41, 5.74) is 2.62. The fraction of sp³-hybridized carbons (Fsp3) is 0.263. The highest BCUT2D eigenvalue weighted by molar-refractivity contribution is 5.87. The van der Waals surface area contributed by atoms with E-state index in [1.54, 1.807) is 24.3 Å². The third kappa shape index (κ3) is 4.67. The summed E-state index contributed by atoms with van der Waals surface area (Å²) in [7, 11) is 1.42. The number of carbonyl (C=O) groups is 2. The van der Waals surface area contributed by atoms with Gasteiger partial charge in [-0.05, 0) is 18.1 Å². The molecule has 5 nitrogen and oxygen atoms in total. The second-order valence-electron chi connectivity index (χ2n) is 5.62. The van der Waals surface area contributed by atoms with Crippen LogP contribution in [0.5, 0.6) is 0 Å². The summed E-state index contributed by atoms with van der Waals surface area (Å²) < 4.78 is 5.24. The summed E-state index contributed by atoms with van der Waals surface area (Å²) in [6.45, 7) is 1.96. The average molecular weight is 327 g/mol. The first kappa shape index (κ1) is 17.7. The summed E-state index contributed by atoms with van der Waals surface area (Å²) in [5, 5.41) is 12.0. The molecule has 1 amide bonds. The lowest BCUT2D eigenvalue weighted by Gasteiger charge is -2.20. The Labute approximate surface area is 141 Å². The Hall–Kier alpha value is -2.66. The van der Waals surface area contributed by atoms with Gasteiger partial charge in [-0.15, -0.1) is 0 Å². The molecule has 0 spiro atoms. The molecule has 0 saturated heterocycles. The Morgan fingerprint density at radius 3 is 2.25 bits per heavy atom. The fourth-order valence-corrected chi connectivity index (χ4v) is 2.43. The Kier molecular flexibility index (Phi) is 6.09. The number of ether oxygens (including phenoxy) is 1. The van der Waals surface area contributed by atoms with Crippen LogP contribution in [0.4, 0.5) is 0 Å². The number of methoxy groups -OCH3 is 1. The standard InChI is InChI=1S/C19H21NO4/c1-13-8-10-14(11-9-13)12-16(19(22)23)20-18(21)17(24-2)15-6-4-3-5-7-15/h3-11,16-17H,12H2,1-2H3,(H,20,21)(H,22,23)/t16-,17-/m0/s1. The second-order valence-corrected chi connectivity index (χ2v) is 5.62. The summed E-state index contributed by atoms with van der Waals surface area (Å²) in [4.78, 5) is 23.9. The number of benzene rings is 2. The van der Waals surface area contributed by atoms with Crippen LogP contribution in [0, 0.1) is 6.92 Å². The summed E-state index contributed by atoms with van der Waals surface area (Å²) in [5.74, 6) is -1.55. The zero-order valence-electron chi connectivity index (χ0n) is 13.7. The zero-order valence-corrected chi connectivity index (χ0v) is 13.7. The van der Waals surface area contributed by atoms with Gasteiger partial charge in [-0.3, -0.25) is 4.79 Å². The minimum atomic E-state index is -1.08. The minimum Gasteiger partial charge on any atom is -0.480 e. The molecule has 24 heavy (non-hydrogen) atoms. The van der Waals surface area contributed by atoms with Crippen LogP contribution in [-0.2, 0) is 20.7 Å². The molecule has 0 unspecified atom stereocenters. The quantitative estimate of drug-likeness (QED) is 0.819. The van der Waals surface area contributed by atoms with Crippen molar-refractivity contribution in [2.75, 3.05) is 7.11 Å². The number of carboxylic acids is 1. The maximum Gasteiger partial charge on any atom is 0.326 e. The molecular weight excluding hydrogens is 306 g/mol. The van der Waals surface area contributed by atoms with E-state index in [2.05, 4.69) is 5.32 Å². The molecule has 2 N–H and O–H groups in total. The molecule has 0 heterocycles. The smallest absolute Gasteiger partial charge is 0.326 e. The Morgan fingerprint density at radius 1 is 1.08 bits per heavy atom. The zero-order chi connectivity index (χ0) is 17.5. The number of nitrogens with one attached hydrogen (secondary N) is 1. The number of amides is 1. The Balaban J connectivity index is 2.10. The van der Waals surface area contributed by atoms with Crippen molar-refractivity contribution in [3.05, 3.63) is 71.3 Å². The largest absolute Gasteiger partial charge is 0.480 e. The first-order valence-corrected chi connectivity index (χ1v) is 7.67. The Bertz CT molecular complexity index is 682. The number of rotatable bonds is 7. The SMILES string of the molecule is CO[C@H](C(=O)N[C@@H](Cc1ccc(C)cc1)C(=O)O)c1ccccc1. The highest BCUT2D eigenvalue weighted by atomic mass is 16.5. The van der Waals surface area contributed by atoms with E-state index < -0.39 is 24.0 Å². The van der Waals surface area contributed by atoms with Gasteiger partial charge in [0.2, 0.25) is 0 Å². The van der Waals surface area contributed by atoms with Crippen LogP contribution in [-0.4, -0.2) is 30.1 Å². The molecule has 2 aromatic carbocycles. The summed E-state index contributed by atoms with van der Waals surface area (Å²) in [6.07, 6.45) is -0.627. The van der Waals surface area contributed by atoms with Crippen molar-refractivity contribution < 1.29 is 19.4 Å². The van der Waals surface area contributed by atoms with Crippen molar-refractivity contribution in [3.63, 3.8) is 0 Å². The van der Waals surface area contributed by atoms with Crippen molar-refractivity contribution in [2.45, 2.75) is 25.5 Å². The molecular formula is C19H21NO4. The lowest BCUT2D eigenvalue weighted by Crippen LogP contribution is -2.44. The number of aryl methyl sites for hydroxylation is 1. The van der Waals surface area contributed by atoms with E-state index in [1.807, 2.05) is 37.3 Å². The van der Waals surface area contributed by atoms with Gasteiger partial charge in [0.1, 0.15) is 6.04 Å². The fourth-order valence-electron chi connectivity index (χ4n) is 2.43. The second kappa shape index (κ2) is 8.26. The number of hydrogen-bond acceptors (Lipinski definition) is 3. The minimum absolute atomic E-state index is 0.215. The lowest BCUT2D eigenvalue weighted by molar-refractivity contribution is -0.144. The van der Waals surface area contributed by atoms with Gasteiger partial charge in [-0.2, -0.15) is 0 Å². The van der Waals surface area contributed by atoms with Gasteiger partial charge in [-0.25, -0.2) is 4.79 Å². The van der Waals surface area contributed by atoms with Crippen LogP contribution in [0.2, 0.25) is 0 Å². The van der Waals surface area contributed by atoms with E-state index in [1.165, 1.54) is 7.11 Å². The number of aliphatic carboxylic acids is 1. The van der Waals surface area contributed by atoms with Crippen LogP contribution in [0.3, 0.4) is 0 Å². The number of carboxylic acid groups (broad SMARTS) is 1. The number of carbonyl (C=O) groups excluding carboxylic acids is 1. The van der Waals surface area contributed by atoms with E-state index in [0.717, 1.165) is 11.1 Å². The van der Waals surface area contributed by atoms with Crippen LogP contribution in [0.15, 0.2) is 54.6 Å². The van der Waals surface area contributed by atoms with Crippen LogP contribution >= 0.6 is 0 Å². The van der Waals surface area contributed by atoms with Gasteiger partial charge in [0, 0.05) is 13.5 Å². The van der Waals surface area contributed by atoms with Gasteiger partial charge < -0.3 is 15.2 Å². The first-order valence-electron chi connectivity index (χ1n) is 7.67. The monoisotopic (exact) mass is 327 g/mol. The molecule has 0 aliphatic heterocycles. The maximum absolute atomic E-state index is 12.4. The molecule has 5 heteroatoms. The topological polar surface area (TPSA) is 75.6 Å². The van der Waals surface area contributed by atoms with Crippen molar-refractivity contribution in [1.82, 2.24) is 5.32 Å². The average Bonchev–Trinajstić information content (AvgIpc) is 2.57. The van der Waals surface area contributed by atoms with Crippen LogP contribution in [0.25, 0.3) is 0 Å². The molecule has 2 aromatic rings. The first-order chi connectivity index (χ1) is 11.5. The molecule has 0 aromatic heterocycles. The molecule has 0 aliphatic rings. The molecule has 0 fully saturated rings. The predicted octanol–water partition coefficient (Wildman–Crippen LogP) is 2.49. The van der Waals surface area contributed by atoms with Crippen molar-refractivity contribution in [3.8, 4) is 0 Å². The van der Waals surface area contributed by atoms with E-state index in [0.29, 0.717) is 5.56 Å². The van der Waals surface area contributed by atoms with Crippen molar-refractivity contribution >= 4 is 11.9 Å². The molecule has 0 aliphatic carbocycles. The molecule has 0 bridgehead atoms. The van der Waals surface area contributed by atoms with E-state index in [9.17, 15) is 14.7 Å². The molecule has 2 atom stereocenters. The van der Waals surface area contributed by atoms with Crippen LogP contribution in [0.1, 0.15) is 22.8 Å². The van der Waals surface area contributed by atoms with Crippen molar-refractivity contribution in [2.24, 2.45) is 0 Å².